The van der Waals surface area contributed by atoms with Crippen LogP contribution in [0, 0.1) is 5.82 Å². The van der Waals surface area contributed by atoms with Crippen LogP contribution in [-0.4, -0.2) is 24.6 Å². The molecule has 6 nitrogen and oxygen atoms in total. The molecule has 0 radical (unpaired) electrons. The van der Waals surface area contributed by atoms with Crippen molar-refractivity contribution in [1.82, 2.24) is 5.43 Å². The Balaban J connectivity index is 1.78. The maximum atomic E-state index is 12.8. The van der Waals surface area contributed by atoms with Crippen LogP contribution in [0.25, 0.3) is 0 Å². The van der Waals surface area contributed by atoms with E-state index in [1.165, 1.54) is 24.3 Å². The highest BCUT2D eigenvalue weighted by molar-refractivity contribution is 5.99. The molecule has 0 aliphatic carbocycles. The lowest BCUT2D eigenvalue weighted by molar-refractivity contribution is -0.124. The number of hydrogen-bond acceptors (Lipinski definition) is 4. The van der Waals surface area contributed by atoms with E-state index in [0.29, 0.717) is 11.4 Å². The number of halogens is 1. The molecule has 0 fully saturated rings. The van der Waals surface area contributed by atoms with Crippen LogP contribution in [-0.2, 0) is 9.59 Å². The zero-order valence-electron chi connectivity index (χ0n) is 14.6. The molecule has 2 aromatic rings. The fourth-order valence-corrected chi connectivity index (χ4v) is 2.08. The first kappa shape index (κ1) is 19.1. The molecule has 2 aromatic carbocycles. The number of anilines is 1. The van der Waals surface area contributed by atoms with Gasteiger partial charge in [-0.05, 0) is 61.0 Å². The largest absolute Gasteiger partial charge is 0.497 e. The highest BCUT2D eigenvalue weighted by Gasteiger charge is 2.07. The number of benzene rings is 2. The number of hydrazone groups is 1. The second-order valence-electron chi connectivity index (χ2n) is 5.52. The molecule has 0 saturated heterocycles. The standard InChI is InChI=1S/C19H20FN3O3/c1-13(14-3-9-17(26-2)10-4-14)22-23-19(25)12-11-18(24)21-16-7-5-15(20)6-8-16/h3-10H,11-12H2,1-2H3,(H,21,24)(H,23,25). The van der Waals surface area contributed by atoms with Crippen LogP contribution in [0.4, 0.5) is 10.1 Å². The van der Waals surface area contributed by atoms with Crippen LogP contribution in [0.2, 0.25) is 0 Å². The summed E-state index contributed by atoms with van der Waals surface area (Å²) >= 11 is 0. The van der Waals surface area contributed by atoms with Gasteiger partial charge in [0.2, 0.25) is 11.8 Å². The molecule has 0 atom stereocenters. The van der Waals surface area contributed by atoms with Gasteiger partial charge in [-0.3, -0.25) is 9.59 Å². The molecule has 2 amide bonds. The molecule has 0 saturated carbocycles. The highest BCUT2D eigenvalue weighted by Crippen LogP contribution is 2.12. The van der Waals surface area contributed by atoms with Crippen molar-refractivity contribution in [1.29, 1.82) is 0 Å². The number of amides is 2. The third kappa shape index (κ3) is 6.01. The number of ether oxygens (including phenoxy) is 1. The number of nitrogens with one attached hydrogen (secondary N) is 2. The van der Waals surface area contributed by atoms with Crippen molar-refractivity contribution in [2.24, 2.45) is 5.10 Å². The van der Waals surface area contributed by atoms with Gasteiger partial charge in [0.1, 0.15) is 11.6 Å². The lowest BCUT2D eigenvalue weighted by Crippen LogP contribution is -2.21. The van der Waals surface area contributed by atoms with Gasteiger partial charge in [0.15, 0.2) is 0 Å². The van der Waals surface area contributed by atoms with E-state index < -0.39 is 0 Å². The minimum Gasteiger partial charge on any atom is -0.497 e. The van der Waals surface area contributed by atoms with Crippen LogP contribution in [0.1, 0.15) is 25.3 Å². The Kier molecular flexibility index (Phi) is 6.84. The molecule has 2 N–H and O–H groups in total. The summed E-state index contributed by atoms with van der Waals surface area (Å²) in [7, 11) is 1.59. The van der Waals surface area contributed by atoms with Crippen LogP contribution in [0.15, 0.2) is 53.6 Å². The molecular weight excluding hydrogens is 337 g/mol. The Morgan fingerprint density at radius 1 is 1.00 bits per heavy atom. The van der Waals surface area contributed by atoms with Gasteiger partial charge in [-0.15, -0.1) is 0 Å². The van der Waals surface area contributed by atoms with Crippen LogP contribution in [0.5, 0.6) is 5.75 Å². The smallest absolute Gasteiger partial charge is 0.240 e. The summed E-state index contributed by atoms with van der Waals surface area (Å²) in [6.45, 7) is 1.77. The summed E-state index contributed by atoms with van der Waals surface area (Å²) in [6, 6.07) is 12.7. The topological polar surface area (TPSA) is 79.8 Å². The minimum absolute atomic E-state index is 0.000311. The second kappa shape index (κ2) is 9.31. The normalized spacial score (nSPS) is 11.0. The van der Waals surface area contributed by atoms with Crippen LogP contribution < -0.4 is 15.5 Å². The molecule has 7 heteroatoms. The van der Waals surface area contributed by atoms with E-state index in [-0.39, 0.29) is 30.5 Å². The first-order chi connectivity index (χ1) is 12.5. The molecule has 0 aromatic heterocycles. The lowest BCUT2D eigenvalue weighted by atomic mass is 10.1. The summed E-state index contributed by atoms with van der Waals surface area (Å²) in [5.74, 6) is -0.347. The van der Waals surface area contributed by atoms with Crippen LogP contribution >= 0.6 is 0 Å². The molecule has 26 heavy (non-hydrogen) atoms. The summed E-state index contributed by atoms with van der Waals surface area (Å²) in [5.41, 5.74) is 4.38. The van der Waals surface area contributed by atoms with Gasteiger partial charge in [0, 0.05) is 18.5 Å². The van der Waals surface area contributed by atoms with Gasteiger partial charge in [-0.25, -0.2) is 9.82 Å². The third-order valence-electron chi connectivity index (χ3n) is 3.56. The molecule has 0 spiro atoms. The number of carbonyl (C=O) groups excluding carboxylic acids is 2. The van der Waals surface area contributed by atoms with Gasteiger partial charge in [0.25, 0.3) is 0 Å². The molecule has 0 aliphatic heterocycles. The Labute approximate surface area is 151 Å². The van der Waals surface area contributed by atoms with E-state index in [2.05, 4.69) is 15.8 Å². The van der Waals surface area contributed by atoms with Crippen molar-refractivity contribution in [3.05, 3.63) is 59.9 Å². The second-order valence-corrected chi connectivity index (χ2v) is 5.52. The number of hydrogen-bond donors (Lipinski definition) is 2. The number of rotatable bonds is 7. The fourth-order valence-electron chi connectivity index (χ4n) is 2.08. The maximum absolute atomic E-state index is 12.8. The zero-order valence-corrected chi connectivity index (χ0v) is 14.6. The minimum atomic E-state index is -0.382. The van der Waals surface area contributed by atoms with Crippen molar-refractivity contribution in [2.45, 2.75) is 19.8 Å². The van der Waals surface area contributed by atoms with E-state index in [9.17, 15) is 14.0 Å². The summed E-state index contributed by atoms with van der Waals surface area (Å²) < 4.78 is 17.9. The van der Waals surface area contributed by atoms with Crippen molar-refractivity contribution in [3.8, 4) is 5.75 Å². The fraction of sp³-hybridized carbons (Fsp3) is 0.211. The number of methoxy groups -OCH3 is 1. The van der Waals surface area contributed by atoms with Crippen molar-refractivity contribution >= 4 is 23.2 Å². The van der Waals surface area contributed by atoms with E-state index in [0.717, 1.165) is 11.3 Å². The number of nitrogens with zero attached hydrogens (tertiary/aromatic N) is 1. The van der Waals surface area contributed by atoms with Gasteiger partial charge in [0.05, 0.1) is 12.8 Å². The van der Waals surface area contributed by atoms with Crippen molar-refractivity contribution in [2.75, 3.05) is 12.4 Å². The summed E-state index contributed by atoms with van der Waals surface area (Å²) in [4.78, 5) is 23.6. The monoisotopic (exact) mass is 357 g/mol. The van der Waals surface area contributed by atoms with Gasteiger partial charge >= 0.3 is 0 Å². The van der Waals surface area contributed by atoms with E-state index in [4.69, 9.17) is 4.74 Å². The lowest BCUT2D eigenvalue weighted by Gasteiger charge is -2.06. The van der Waals surface area contributed by atoms with Crippen LogP contribution in [0.3, 0.4) is 0 Å². The summed E-state index contributed by atoms with van der Waals surface area (Å²) in [6.07, 6.45) is -0.00721. The van der Waals surface area contributed by atoms with Crippen molar-refractivity contribution in [3.63, 3.8) is 0 Å². The Bertz CT molecular complexity index is 787. The Morgan fingerprint density at radius 2 is 1.62 bits per heavy atom. The third-order valence-corrected chi connectivity index (χ3v) is 3.56. The van der Waals surface area contributed by atoms with Gasteiger partial charge in [-0.1, -0.05) is 0 Å². The molecule has 0 bridgehead atoms. The summed E-state index contributed by atoms with van der Waals surface area (Å²) in [5, 5.41) is 6.62. The Morgan fingerprint density at radius 3 is 2.23 bits per heavy atom. The maximum Gasteiger partial charge on any atom is 0.240 e. The zero-order chi connectivity index (χ0) is 18.9. The molecule has 136 valence electrons. The molecule has 0 unspecified atom stereocenters. The molecule has 2 rings (SSSR count). The molecule has 0 aliphatic rings. The first-order valence-electron chi connectivity index (χ1n) is 8.01. The number of carbonyl (C=O) groups is 2. The Hall–Kier alpha value is -3.22. The van der Waals surface area contributed by atoms with E-state index in [1.54, 1.807) is 26.2 Å². The highest BCUT2D eigenvalue weighted by atomic mass is 19.1. The van der Waals surface area contributed by atoms with Gasteiger partial charge in [-0.2, -0.15) is 5.10 Å². The van der Waals surface area contributed by atoms with Gasteiger partial charge < -0.3 is 10.1 Å². The predicted octanol–water partition coefficient (Wildman–Crippen LogP) is 3.09. The predicted molar refractivity (Wildman–Crippen MR) is 97.6 cm³/mol. The van der Waals surface area contributed by atoms with E-state index in [1.807, 2.05) is 12.1 Å². The first-order valence-corrected chi connectivity index (χ1v) is 8.01. The average molecular weight is 357 g/mol. The quantitative estimate of drug-likeness (QED) is 0.590. The SMILES string of the molecule is COc1ccc(C(C)=NNC(=O)CCC(=O)Nc2ccc(F)cc2)cc1. The van der Waals surface area contributed by atoms with E-state index >= 15 is 0 Å². The average Bonchev–Trinajstić information content (AvgIpc) is 2.66. The molecular formula is C19H20FN3O3. The molecule has 0 heterocycles. The van der Waals surface area contributed by atoms with Crippen molar-refractivity contribution < 1.29 is 18.7 Å².